The third-order valence-electron chi connectivity index (χ3n) is 3.01. The van der Waals surface area contributed by atoms with Crippen LogP contribution in [0.1, 0.15) is 5.56 Å². The number of carbonyl (C=O) groups excluding carboxylic acids is 1. The van der Waals surface area contributed by atoms with Crippen molar-refractivity contribution in [3.05, 3.63) is 65.2 Å². The highest BCUT2D eigenvalue weighted by Crippen LogP contribution is 2.17. The van der Waals surface area contributed by atoms with E-state index in [1.54, 1.807) is 12.1 Å². The Balaban J connectivity index is 2.02. The normalized spacial score (nSPS) is 11.9. The first-order chi connectivity index (χ1) is 9.69. The molecule has 1 N–H and O–H groups in total. The molecular formula is C16H16ClNOS. The molecule has 0 aliphatic carbocycles. The highest BCUT2D eigenvalue weighted by Gasteiger charge is 2.17. The largest absolute Gasteiger partial charge is 0.326 e. The Morgan fingerprint density at radius 3 is 2.55 bits per heavy atom. The predicted octanol–water partition coefficient (Wildman–Crippen LogP) is 4.07. The molecule has 0 radical (unpaired) electrons. The van der Waals surface area contributed by atoms with Gasteiger partial charge in [-0.3, -0.25) is 4.79 Å². The number of thiol groups is 1. The first-order valence-corrected chi connectivity index (χ1v) is 7.41. The molecule has 0 bridgehead atoms. The lowest BCUT2D eigenvalue weighted by atomic mass is 10.00. The van der Waals surface area contributed by atoms with Crippen LogP contribution in [0.5, 0.6) is 0 Å². The lowest BCUT2D eigenvalue weighted by Crippen LogP contribution is -2.26. The summed E-state index contributed by atoms with van der Waals surface area (Å²) in [5.74, 6) is 0.298. The summed E-state index contributed by atoms with van der Waals surface area (Å²) in [5.41, 5.74) is 1.84. The summed E-state index contributed by atoms with van der Waals surface area (Å²) >= 11 is 10.2. The highest BCUT2D eigenvalue weighted by molar-refractivity contribution is 7.80. The molecule has 0 fully saturated rings. The van der Waals surface area contributed by atoms with Gasteiger partial charge in [0.05, 0.1) is 5.92 Å². The number of rotatable bonds is 5. The molecule has 4 heteroatoms. The van der Waals surface area contributed by atoms with E-state index in [2.05, 4.69) is 17.9 Å². The molecule has 0 spiro atoms. The fourth-order valence-electron chi connectivity index (χ4n) is 1.95. The van der Waals surface area contributed by atoms with Gasteiger partial charge in [0.25, 0.3) is 0 Å². The van der Waals surface area contributed by atoms with Gasteiger partial charge in [0, 0.05) is 16.5 Å². The van der Waals surface area contributed by atoms with Crippen molar-refractivity contribution in [1.82, 2.24) is 0 Å². The van der Waals surface area contributed by atoms with E-state index >= 15 is 0 Å². The lowest BCUT2D eigenvalue weighted by molar-refractivity contribution is -0.119. The summed E-state index contributed by atoms with van der Waals surface area (Å²) in [7, 11) is 0. The van der Waals surface area contributed by atoms with Crippen molar-refractivity contribution < 1.29 is 4.79 Å². The van der Waals surface area contributed by atoms with E-state index in [1.807, 2.05) is 42.5 Å². The smallest absolute Gasteiger partial charge is 0.228 e. The Labute approximate surface area is 129 Å². The number of hydrogen-bond donors (Lipinski definition) is 2. The minimum atomic E-state index is -0.167. The molecular weight excluding hydrogens is 290 g/mol. The standard InChI is InChI=1S/C16H16ClNOS/c17-14-7-4-8-15(10-14)18-16(19)13(11-20)9-12-5-2-1-3-6-12/h1-8,10,13,20H,9,11H2,(H,18,19). The van der Waals surface area contributed by atoms with Crippen molar-refractivity contribution in [2.24, 2.45) is 5.92 Å². The van der Waals surface area contributed by atoms with Crippen LogP contribution in [0.2, 0.25) is 5.02 Å². The minimum Gasteiger partial charge on any atom is -0.326 e. The maximum Gasteiger partial charge on any atom is 0.228 e. The molecule has 1 amide bonds. The molecule has 0 aliphatic rings. The summed E-state index contributed by atoms with van der Waals surface area (Å²) in [6, 6.07) is 17.1. The van der Waals surface area contributed by atoms with Crippen LogP contribution in [-0.4, -0.2) is 11.7 Å². The van der Waals surface area contributed by atoms with Crippen LogP contribution in [0.25, 0.3) is 0 Å². The first kappa shape index (κ1) is 14.9. The first-order valence-electron chi connectivity index (χ1n) is 6.40. The van der Waals surface area contributed by atoms with Gasteiger partial charge in [0.1, 0.15) is 0 Å². The average molecular weight is 306 g/mol. The topological polar surface area (TPSA) is 29.1 Å². The second-order valence-electron chi connectivity index (χ2n) is 4.57. The van der Waals surface area contributed by atoms with Gasteiger partial charge in [0.15, 0.2) is 0 Å². The van der Waals surface area contributed by atoms with Crippen LogP contribution < -0.4 is 5.32 Å². The van der Waals surface area contributed by atoms with Gasteiger partial charge < -0.3 is 5.32 Å². The zero-order chi connectivity index (χ0) is 14.4. The number of carbonyl (C=O) groups is 1. The monoisotopic (exact) mass is 305 g/mol. The van der Waals surface area contributed by atoms with Gasteiger partial charge in [0.2, 0.25) is 5.91 Å². The molecule has 2 nitrogen and oxygen atoms in total. The van der Waals surface area contributed by atoms with Crippen LogP contribution in [0, 0.1) is 5.92 Å². The van der Waals surface area contributed by atoms with Crippen LogP contribution >= 0.6 is 24.2 Å². The minimum absolute atomic E-state index is 0.0360. The van der Waals surface area contributed by atoms with E-state index < -0.39 is 0 Å². The fraction of sp³-hybridized carbons (Fsp3) is 0.188. The number of amides is 1. The molecule has 0 aromatic heterocycles. The van der Waals surface area contributed by atoms with Gasteiger partial charge >= 0.3 is 0 Å². The molecule has 2 rings (SSSR count). The zero-order valence-corrected chi connectivity index (χ0v) is 12.6. The lowest BCUT2D eigenvalue weighted by Gasteiger charge is -2.15. The number of anilines is 1. The highest BCUT2D eigenvalue weighted by atomic mass is 35.5. The number of hydrogen-bond acceptors (Lipinski definition) is 2. The molecule has 20 heavy (non-hydrogen) atoms. The van der Waals surface area contributed by atoms with Crippen molar-refractivity contribution in [2.45, 2.75) is 6.42 Å². The maximum absolute atomic E-state index is 12.3. The van der Waals surface area contributed by atoms with Crippen molar-refractivity contribution >= 4 is 35.8 Å². The molecule has 0 saturated carbocycles. The SMILES string of the molecule is O=C(Nc1cccc(Cl)c1)C(CS)Cc1ccccc1. The fourth-order valence-corrected chi connectivity index (χ4v) is 2.43. The summed E-state index contributed by atoms with van der Waals surface area (Å²) in [5, 5.41) is 3.49. The van der Waals surface area contributed by atoms with Gasteiger partial charge in [-0.2, -0.15) is 12.6 Å². The second-order valence-corrected chi connectivity index (χ2v) is 5.37. The van der Waals surface area contributed by atoms with Crippen LogP contribution in [0.15, 0.2) is 54.6 Å². The third kappa shape index (κ3) is 4.29. The molecule has 1 atom stereocenters. The number of nitrogens with one attached hydrogen (secondary N) is 1. The second kappa shape index (κ2) is 7.36. The Bertz CT molecular complexity index is 574. The maximum atomic E-state index is 12.3. The van der Waals surface area contributed by atoms with Crippen LogP contribution in [-0.2, 0) is 11.2 Å². The van der Waals surface area contributed by atoms with Gasteiger partial charge in [-0.25, -0.2) is 0 Å². The van der Waals surface area contributed by atoms with E-state index in [-0.39, 0.29) is 11.8 Å². The van der Waals surface area contributed by atoms with Crippen molar-refractivity contribution in [2.75, 3.05) is 11.1 Å². The van der Waals surface area contributed by atoms with Crippen LogP contribution in [0.3, 0.4) is 0 Å². The molecule has 2 aromatic rings. The van der Waals surface area contributed by atoms with E-state index in [4.69, 9.17) is 11.6 Å². The quantitative estimate of drug-likeness (QED) is 0.801. The van der Waals surface area contributed by atoms with Crippen molar-refractivity contribution in [3.8, 4) is 0 Å². The average Bonchev–Trinajstić information content (AvgIpc) is 2.45. The molecule has 2 aromatic carbocycles. The van der Waals surface area contributed by atoms with E-state index in [0.29, 0.717) is 22.9 Å². The number of benzene rings is 2. The molecule has 0 heterocycles. The molecule has 0 saturated heterocycles. The summed E-state index contributed by atoms with van der Waals surface area (Å²) in [4.78, 5) is 12.3. The summed E-state index contributed by atoms with van der Waals surface area (Å²) < 4.78 is 0. The van der Waals surface area contributed by atoms with E-state index in [9.17, 15) is 4.79 Å². The van der Waals surface area contributed by atoms with Gasteiger partial charge in [-0.05, 0) is 30.2 Å². The van der Waals surface area contributed by atoms with Gasteiger partial charge in [-0.1, -0.05) is 48.0 Å². The Morgan fingerprint density at radius 1 is 1.15 bits per heavy atom. The Morgan fingerprint density at radius 2 is 1.90 bits per heavy atom. The Kier molecular flexibility index (Phi) is 5.50. The van der Waals surface area contributed by atoms with Crippen LogP contribution in [0.4, 0.5) is 5.69 Å². The third-order valence-corrected chi connectivity index (χ3v) is 3.68. The zero-order valence-electron chi connectivity index (χ0n) is 10.9. The van der Waals surface area contributed by atoms with Gasteiger partial charge in [-0.15, -0.1) is 0 Å². The summed E-state index contributed by atoms with van der Waals surface area (Å²) in [6.45, 7) is 0. The van der Waals surface area contributed by atoms with Crippen molar-refractivity contribution in [1.29, 1.82) is 0 Å². The molecule has 104 valence electrons. The van der Waals surface area contributed by atoms with E-state index in [1.165, 1.54) is 0 Å². The molecule has 1 unspecified atom stereocenters. The van der Waals surface area contributed by atoms with Crippen molar-refractivity contribution in [3.63, 3.8) is 0 Å². The molecule has 0 aliphatic heterocycles. The summed E-state index contributed by atoms with van der Waals surface area (Å²) in [6.07, 6.45) is 0.677. The predicted molar refractivity (Wildman–Crippen MR) is 87.6 cm³/mol. The number of halogens is 1. The van der Waals surface area contributed by atoms with E-state index in [0.717, 1.165) is 5.56 Å². The Hall–Kier alpha value is -1.45.